The third-order valence-corrected chi connectivity index (χ3v) is 11.1. The number of carbonyl (C=O) groups excluding carboxylic acids is 2. The highest BCUT2D eigenvalue weighted by molar-refractivity contribution is 9.10. The lowest BCUT2D eigenvalue weighted by atomic mass is 9.94. The first-order valence-electron chi connectivity index (χ1n) is 15.1. The van der Waals surface area contributed by atoms with Crippen LogP contribution in [0.25, 0.3) is 5.57 Å². The van der Waals surface area contributed by atoms with Crippen molar-refractivity contribution in [2.45, 2.75) is 19.2 Å². The number of thiophene rings is 1. The summed E-state index contributed by atoms with van der Waals surface area (Å²) < 4.78 is 70.0. The molecular formula is C34H34BrNO11S3. The van der Waals surface area contributed by atoms with Crippen molar-refractivity contribution in [3.05, 3.63) is 109 Å². The third kappa shape index (κ3) is 9.84. The van der Waals surface area contributed by atoms with Crippen LogP contribution in [0.4, 0.5) is 0 Å². The molecular weight excluding hydrogens is 774 g/mol. The Hall–Kier alpha value is -3.96. The van der Waals surface area contributed by atoms with Gasteiger partial charge in [-0.25, -0.2) is 26.4 Å². The number of sulfone groups is 2. The molecule has 2 aromatic carbocycles. The van der Waals surface area contributed by atoms with Crippen molar-refractivity contribution in [1.29, 1.82) is 0 Å². The van der Waals surface area contributed by atoms with E-state index in [0.717, 1.165) is 23.0 Å². The Kier molecular flexibility index (Phi) is 11.9. The molecule has 0 radical (unpaired) electrons. The number of rotatable bonds is 13. The number of esters is 2. The molecule has 3 aromatic rings. The fourth-order valence-corrected chi connectivity index (χ4v) is 7.06. The highest BCUT2D eigenvalue weighted by atomic mass is 79.9. The van der Waals surface area contributed by atoms with E-state index in [1.54, 1.807) is 30.3 Å². The lowest BCUT2D eigenvalue weighted by molar-refractivity contribution is -0.142. The van der Waals surface area contributed by atoms with Gasteiger partial charge >= 0.3 is 11.9 Å². The molecule has 266 valence electrons. The van der Waals surface area contributed by atoms with Gasteiger partial charge in [0.25, 0.3) is 0 Å². The largest absolute Gasteiger partial charge is 0.461 e. The number of hydrogen-bond donors (Lipinski definition) is 1. The molecule has 16 heteroatoms. The van der Waals surface area contributed by atoms with Gasteiger partial charge in [0.1, 0.15) is 13.2 Å². The van der Waals surface area contributed by atoms with Gasteiger partial charge in [-0.15, -0.1) is 11.3 Å². The number of aliphatic hydroxyl groups is 1. The standard InChI is InChI=1S/C34H34BrNO11S3/c1-49(40,41)12-9-44-33(38)26-14-24(23-7-5-22(20-37)6-8-23)15-29(32-4-3-11-48-32)36(19-27(26)34(39)45-10-13-50(2,42)43)18-25-16-30-31(17-28(25)35)47-21-46-30/h3-8,11,14-17,19,29,37H,9-10,12-13,18,20-21H2,1-2H3. The monoisotopic (exact) mass is 807 g/mol. The van der Waals surface area contributed by atoms with Crippen LogP contribution in [0.15, 0.2) is 87.9 Å². The molecule has 0 amide bonds. The van der Waals surface area contributed by atoms with Gasteiger partial charge in [-0.05, 0) is 58.0 Å². The number of carbonyl (C=O) groups is 2. The zero-order valence-corrected chi connectivity index (χ0v) is 31.1. The molecule has 0 aliphatic carbocycles. The van der Waals surface area contributed by atoms with Gasteiger partial charge < -0.3 is 29.0 Å². The Labute approximate surface area is 302 Å². The molecule has 12 nitrogen and oxygen atoms in total. The van der Waals surface area contributed by atoms with Crippen LogP contribution in [0.3, 0.4) is 0 Å². The topological polar surface area (TPSA) is 163 Å². The third-order valence-electron chi connectivity index (χ3n) is 7.59. The predicted octanol–water partition coefficient (Wildman–Crippen LogP) is 4.36. The van der Waals surface area contributed by atoms with Crippen molar-refractivity contribution in [1.82, 2.24) is 4.90 Å². The average Bonchev–Trinajstić information content (AvgIpc) is 3.74. The normalized spacial score (nSPS) is 16.1. The maximum absolute atomic E-state index is 13.9. The van der Waals surface area contributed by atoms with Crippen molar-refractivity contribution < 1.29 is 50.5 Å². The molecule has 0 fully saturated rings. The summed E-state index contributed by atoms with van der Waals surface area (Å²) in [6.07, 6.45) is 6.88. The van der Waals surface area contributed by atoms with Crippen LogP contribution in [0, 0.1) is 0 Å². The summed E-state index contributed by atoms with van der Waals surface area (Å²) in [5, 5.41) is 11.6. The van der Waals surface area contributed by atoms with E-state index in [-0.39, 0.29) is 31.1 Å². The van der Waals surface area contributed by atoms with Gasteiger partial charge in [0.05, 0.1) is 35.3 Å². The summed E-state index contributed by atoms with van der Waals surface area (Å²) >= 11 is 5.10. The fourth-order valence-electron chi connectivity index (χ4n) is 5.03. The second-order valence-electron chi connectivity index (χ2n) is 11.5. The molecule has 1 unspecified atom stereocenters. The van der Waals surface area contributed by atoms with E-state index < -0.39 is 62.4 Å². The number of ether oxygens (including phenoxy) is 4. The van der Waals surface area contributed by atoms with Crippen LogP contribution in [-0.4, -0.2) is 82.8 Å². The molecule has 0 saturated heterocycles. The average molecular weight is 809 g/mol. The van der Waals surface area contributed by atoms with E-state index in [1.165, 1.54) is 23.6 Å². The zero-order valence-electron chi connectivity index (χ0n) is 27.0. The first-order valence-corrected chi connectivity index (χ1v) is 20.9. The first-order chi connectivity index (χ1) is 23.7. The maximum atomic E-state index is 13.9. The first kappa shape index (κ1) is 37.3. The highest BCUT2D eigenvalue weighted by Crippen LogP contribution is 2.40. The molecule has 2 aliphatic rings. The Morgan fingerprint density at radius 2 is 1.56 bits per heavy atom. The number of benzene rings is 2. The number of fused-ring (bicyclic) bond motifs is 1. The summed E-state index contributed by atoms with van der Waals surface area (Å²) in [6, 6.07) is 13.9. The van der Waals surface area contributed by atoms with E-state index in [9.17, 15) is 31.5 Å². The van der Waals surface area contributed by atoms with Gasteiger partial charge in [-0.3, -0.25) is 0 Å². The Morgan fingerprint density at radius 1 is 0.940 bits per heavy atom. The fraction of sp³-hybridized carbons (Fsp3) is 0.294. The molecule has 1 aromatic heterocycles. The lowest BCUT2D eigenvalue weighted by Crippen LogP contribution is -2.28. The van der Waals surface area contributed by atoms with Gasteiger partial charge in [-0.1, -0.05) is 46.3 Å². The summed E-state index contributed by atoms with van der Waals surface area (Å²) in [5.74, 6) is -1.78. The predicted molar refractivity (Wildman–Crippen MR) is 191 cm³/mol. The second kappa shape index (κ2) is 15.9. The summed E-state index contributed by atoms with van der Waals surface area (Å²) in [5.41, 5.74) is 2.08. The van der Waals surface area contributed by atoms with E-state index in [2.05, 4.69) is 15.9 Å². The van der Waals surface area contributed by atoms with Crippen molar-refractivity contribution in [2.24, 2.45) is 0 Å². The maximum Gasteiger partial charge on any atom is 0.340 e. The molecule has 2 aliphatic heterocycles. The van der Waals surface area contributed by atoms with Crippen molar-refractivity contribution in [2.75, 3.05) is 44.0 Å². The van der Waals surface area contributed by atoms with Gasteiger partial charge in [0, 0.05) is 34.6 Å². The van der Waals surface area contributed by atoms with Gasteiger partial charge in [0.2, 0.25) is 6.79 Å². The number of halogens is 1. The van der Waals surface area contributed by atoms with Gasteiger partial charge in [0.15, 0.2) is 31.2 Å². The van der Waals surface area contributed by atoms with E-state index in [0.29, 0.717) is 32.7 Å². The molecule has 3 heterocycles. The van der Waals surface area contributed by atoms with E-state index in [1.807, 2.05) is 34.6 Å². The number of nitrogens with zero attached hydrogens (tertiary/aromatic N) is 1. The van der Waals surface area contributed by atoms with Crippen molar-refractivity contribution in [3.63, 3.8) is 0 Å². The number of aliphatic hydroxyl groups excluding tert-OH is 1. The second-order valence-corrected chi connectivity index (χ2v) is 17.9. The van der Waals surface area contributed by atoms with Crippen molar-refractivity contribution >= 4 is 64.5 Å². The van der Waals surface area contributed by atoms with Crippen LogP contribution in [0.2, 0.25) is 0 Å². The molecule has 50 heavy (non-hydrogen) atoms. The minimum Gasteiger partial charge on any atom is -0.461 e. The smallest absolute Gasteiger partial charge is 0.340 e. The van der Waals surface area contributed by atoms with Crippen LogP contribution in [-0.2, 0) is 51.9 Å². The number of hydrogen-bond acceptors (Lipinski definition) is 13. The van der Waals surface area contributed by atoms with Crippen LogP contribution >= 0.6 is 27.3 Å². The zero-order chi connectivity index (χ0) is 36.1. The van der Waals surface area contributed by atoms with Gasteiger partial charge in [-0.2, -0.15) is 0 Å². The SMILES string of the molecule is CS(=O)(=O)CCOC(=O)C1=CC(c2ccc(CO)cc2)=CC(c2cccs2)N(Cc2cc3c(cc2Br)OCO3)C=C1C(=O)OCCS(C)(=O)=O. The molecule has 0 bridgehead atoms. The quantitative estimate of drug-likeness (QED) is 0.244. The minimum absolute atomic E-state index is 0.0624. The Bertz CT molecular complexity index is 2050. The lowest BCUT2D eigenvalue weighted by Gasteiger charge is -2.31. The minimum atomic E-state index is -3.49. The number of allylic oxidation sites excluding steroid dienone is 2. The molecule has 1 atom stereocenters. The molecule has 0 saturated carbocycles. The summed E-state index contributed by atoms with van der Waals surface area (Å²) in [4.78, 5) is 30.4. The summed E-state index contributed by atoms with van der Waals surface area (Å²) in [6.45, 7) is -0.897. The van der Waals surface area contributed by atoms with Crippen LogP contribution in [0.1, 0.15) is 27.6 Å². The van der Waals surface area contributed by atoms with E-state index in [4.69, 9.17) is 18.9 Å². The Morgan fingerprint density at radius 3 is 2.14 bits per heavy atom. The molecule has 5 rings (SSSR count). The molecule has 0 spiro atoms. The van der Waals surface area contributed by atoms with Crippen molar-refractivity contribution in [3.8, 4) is 11.5 Å². The Balaban J connectivity index is 1.70. The highest BCUT2D eigenvalue weighted by Gasteiger charge is 2.31. The van der Waals surface area contributed by atoms with E-state index >= 15 is 0 Å². The van der Waals surface area contributed by atoms with Crippen LogP contribution < -0.4 is 9.47 Å². The van der Waals surface area contributed by atoms with Crippen LogP contribution in [0.5, 0.6) is 11.5 Å². The molecule has 1 N–H and O–H groups in total. The summed E-state index contributed by atoms with van der Waals surface area (Å²) in [7, 11) is -6.98.